The molecule has 1 saturated heterocycles. The van der Waals surface area contributed by atoms with Crippen molar-refractivity contribution in [3.63, 3.8) is 0 Å². The lowest BCUT2D eigenvalue weighted by Gasteiger charge is -2.28. The van der Waals surface area contributed by atoms with Crippen molar-refractivity contribution >= 4 is 44.4 Å². The molecule has 0 bridgehead atoms. The second kappa shape index (κ2) is 8.26. The monoisotopic (exact) mass is 509 g/mol. The summed E-state index contributed by atoms with van der Waals surface area (Å²) in [5, 5.41) is -0.463. The molecule has 2 aromatic carbocycles. The number of alkyl halides is 3. The van der Waals surface area contributed by atoms with Crippen LogP contribution in [0.5, 0.6) is 0 Å². The summed E-state index contributed by atoms with van der Waals surface area (Å²) < 4.78 is 42.8. The molecule has 1 aliphatic heterocycles. The second-order valence-electron chi connectivity index (χ2n) is 8.41. The standard InChI is InChI=1S/C24H18F3N7OS/c25-24(26,27)14-8-4-9-15-17(14)22(35)34(13-6-2-1-3-7-13)19(30-15)16-10-5-11-33(16)20-18-21(36-12-29-18)32-23(28)31-20/h1-4,6-9,12,16H,5,10-11H2,(H2,28,31,32). The van der Waals surface area contributed by atoms with Gasteiger partial charge < -0.3 is 10.6 Å². The third-order valence-electron chi connectivity index (χ3n) is 6.26. The number of hydrogen-bond donors (Lipinski definition) is 1. The van der Waals surface area contributed by atoms with Gasteiger partial charge in [0.1, 0.15) is 11.3 Å². The first-order valence-corrected chi connectivity index (χ1v) is 12.0. The highest BCUT2D eigenvalue weighted by molar-refractivity contribution is 7.16. The number of anilines is 2. The molecule has 0 amide bonds. The second-order valence-corrected chi connectivity index (χ2v) is 9.24. The highest BCUT2D eigenvalue weighted by Crippen LogP contribution is 2.39. The molecule has 5 aromatic rings. The third-order valence-corrected chi connectivity index (χ3v) is 6.98. The number of halogens is 3. The lowest BCUT2D eigenvalue weighted by atomic mass is 10.1. The van der Waals surface area contributed by atoms with E-state index in [1.165, 1.54) is 28.0 Å². The minimum absolute atomic E-state index is 0.00939. The first-order valence-electron chi connectivity index (χ1n) is 11.1. The summed E-state index contributed by atoms with van der Waals surface area (Å²) in [7, 11) is 0. The predicted octanol–water partition coefficient (Wildman–Crippen LogP) is 4.73. The van der Waals surface area contributed by atoms with Crippen LogP contribution in [0.15, 0.2) is 58.8 Å². The molecule has 4 heterocycles. The van der Waals surface area contributed by atoms with Crippen molar-refractivity contribution in [1.82, 2.24) is 24.5 Å². The molecule has 182 valence electrons. The van der Waals surface area contributed by atoms with Gasteiger partial charge in [0.25, 0.3) is 5.56 Å². The number of nitrogens with zero attached hydrogens (tertiary/aromatic N) is 6. The van der Waals surface area contributed by atoms with E-state index in [9.17, 15) is 18.0 Å². The van der Waals surface area contributed by atoms with E-state index in [1.807, 2.05) is 4.90 Å². The van der Waals surface area contributed by atoms with Crippen molar-refractivity contribution in [2.45, 2.75) is 25.1 Å². The summed E-state index contributed by atoms with van der Waals surface area (Å²) >= 11 is 1.33. The summed E-state index contributed by atoms with van der Waals surface area (Å²) in [6, 6.07) is 11.7. The van der Waals surface area contributed by atoms with Gasteiger partial charge in [0.05, 0.1) is 33.7 Å². The molecule has 36 heavy (non-hydrogen) atoms. The van der Waals surface area contributed by atoms with Gasteiger partial charge >= 0.3 is 6.18 Å². The van der Waals surface area contributed by atoms with Gasteiger partial charge in [0.15, 0.2) is 10.6 Å². The van der Waals surface area contributed by atoms with Crippen LogP contribution >= 0.6 is 11.3 Å². The van der Waals surface area contributed by atoms with Gasteiger partial charge in [-0.1, -0.05) is 24.3 Å². The summed E-state index contributed by atoms with van der Waals surface area (Å²) in [6.07, 6.45) is -3.34. The number of nitrogens with two attached hydrogens (primary N) is 1. The average Bonchev–Trinajstić information content (AvgIpc) is 3.53. The third kappa shape index (κ3) is 3.56. The quantitative estimate of drug-likeness (QED) is 0.375. The zero-order valence-corrected chi connectivity index (χ0v) is 19.4. The summed E-state index contributed by atoms with van der Waals surface area (Å²) in [4.78, 5) is 34.1. The number of para-hydroxylation sites is 1. The maximum atomic E-state index is 13.9. The fourth-order valence-corrected chi connectivity index (χ4v) is 5.45. The Labute approximate surface area is 205 Å². The molecule has 0 spiro atoms. The van der Waals surface area contributed by atoms with Gasteiger partial charge in [-0.2, -0.15) is 18.2 Å². The maximum absolute atomic E-state index is 13.9. The van der Waals surface area contributed by atoms with Crippen LogP contribution in [0.2, 0.25) is 0 Å². The number of benzene rings is 2. The Balaban J connectivity index is 1.63. The van der Waals surface area contributed by atoms with Crippen molar-refractivity contribution in [3.05, 3.63) is 75.8 Å². The Morgan fingerprint density at radius 1 is 1.03 bits per heavy atom. The average molecular weight is 510 g/mol. The smallest absolute Gasteiger partial charge is 0.368 e. The summed E-state index contributed by atoms with van der Waals surface area (Å²) in [5.41, 5.74) is 6.83. The van der Waals surface area contributed by atoms with Crippen LogP contribution in [0.1, 0.15) is 30.3 Å². The van der Waals surface area contributed by atoms with Gasteiger partial charge in [-0.05, 0) is 37.1 Å². The Morgan fingerprint density at radius 2 is 1.83 bits per heavy atom. The molecule has 0 radical (unpaired) electrons. The van der Waals surface area contributed by atoms with E-state index in [1.54, 1.807) is 35.8 Å². The summed E-state index contributed by atoms with van der Waals surface area (Å²) in [6.45, 7) is 0.582. The molecular formula is C24H18F3N7OS. The molecule has 8 nitrogen and oxygen atoms in total. The number of fused-ring (bicyclic) bond motifs is 2. The number of thiazole rings is 1. The van der Waals surface area contributed by atoms with Crippen molar-refractivity contribution in [1.29, 1.82) is 0 Å². The first kappa shape index (κ1) is 22.4. The molecule has 2 N–H and O–H groups in total. The molecule has 6 rings (SSSR count). The van der Waals surface area contributed by atoms with Crippen LogP contribution in [0.25, 0.3) is 26.9 Å². The van der Waals surface area contributed by atoms with Crippen LogP contribution < -0.4 is 16.2 Å². The van der Waals surface area contributed by atoms with E-state index in [4.69, 9.17) is 5.73 Å². The zero-order valence-electron chi connectivity index (χ0n) is 18.6. The Kier molecular flexibility index (Phi) is 5.14. The van der Waals surface area contributed by atoms with Crippen LogP contribution in [0.3, 0.4) is 0 Å². The molecule has 1 aliphatic rings. The molecule has 0 aliphatic carbocycles. The van der Waals surface area contributed by atoms with E-state index < -0.39 is 28.7 Å². The number of nitrogen functional groups attached to an aromatic ring is 1. The van der Waals surface area contributed by atoms with Gasteiger partial charge in [0.2, 0.25) is 5.95 Å². The summed E-state index contributed by atoms with van der Waals surface area (Å²) in [5.74, 6) is 0.935. The molecule has 1 fully saturated rings. The van der Waals surface area contributed by atoms with E-state index in [-0.39, 0.29) is 11.5 Å². The highest BCUT2D eigenvalue weighted by atomic mass is 32.1. The van der Waals surface area contributed by atoms with Crippen LogP contribution in [0, 0.1) is 0 Å². The lowest BCUT2D eigenvalue weighted by molar-refractivity contribution is -0.136. The fourth-order valence-electron chi connectivity index (χ4n) is 4.79. The lowest BCUT2D eigenvalue weighted by Crippen LogP contribution is -2.33. The van der Waals surface area contributed by atoms with Gasteiger partial charge in [-0.3, -0.25) is 9.36 Å². The van der Waals surface area contributed by atoms with Crippen molar-refractivity contribution in [2.75, 3.05) is 17.2 Å². The van der Waals surface area contributed by atoms with E-state index >= 15 is 0 Å². The zero-order chi connectivity index (χ0) is 25.0. The number of aromatic nitrogens is 5. The normalized spacial score (nSPS) is 16.3. The largest absolute Gasteiger partial charge is 0.417 e. The van der Waals surface area contributed by atoms with Crippen LogP contribution in [-0.4, -0.2) is 31.0 Å². The van der Waals surface area contributed by atoms with Crippen molar-refractivity contribution < 1.29 is 13.2 Å². The molecule has 3 aromatic heterocycles. The van der Waals surface area contributed by atoms with Crippen LogP contribution in [0.4, 0.5) is 24.9 Å². The van der Waals surface area contributed by atoms with E-state index in [2.05, 4.69) is 19.9 Å². The minimum atomic E-state index is -4.70. The first-order chi connectivity index (χ1) is 17.3. The molecule has 1 atom stereocenters. The van der Waals surface area contributed by atoms with E-state index in [0.29, 0.717) is 40.6 Å². The van der Waals surface area contributed by atoms with E-state index in [0.717, 1.165) is 12.5 Å². The molecular weight excluding hydrogens is 491 g/mol. The SMILES string of the molecule is Nc1nc(N2CCCC2c2nc3cccc(C(F)(F)F)c3c(=O)n2-c2ccccc2)c2ncsc2n1. The van der Waals surface area contributed by atoms with Crippen molar-refractivity contribution in [2.24, 2.45) is 0 Å². The Hall–Kier alpha value is -4.06. The minimum Gasteiger partial charge on any atom is -0.368 e. The van der Waals surface area contributed by atoms with Gasteiger partial charge in [0, 0.05) is 6.54 Å². The molecule has 12 heteroatoms. The Bertz CT molecular complexity index is 1670. The fraction of sp³-hybridized carbons (Fsp3) is 0.208. The van der Waals surface area contributed by atoms with Crippen LogP contribution in [-0.2, 0) is 6.18 Å². The highest BCUT2D eigenvalue weighted by Gasteiger charge is 2.37. The molecule has 0 saturated carbocycles. The number of rotatable bonds is 3. The van der Waals surface area contributed by atoms with Gasteiger partial charge in [-0.15, -0.1) is 11.3 Å². The maximum Gasteiger partial charge on any atom is 0.417 e. The Morgan fingerprint density at radius 3 is 2.61 bits per heavy atom. The van der Waals surface area contributed by atoms with Gasteiger partial charge in [-0.25, -0.2) is 15.0 Å². The number of hydrogen-bond acceptors (Lipinski definition) is 8. The molecule has 1 unspecified atom stereocenters. The topological polar surface area (TPSA) is 103 Å². The predicted molar refractivity (Wildman–Crippen MR) is 131 cm³/mol. The van der Waals surface area contributed by atoms with Crippen molar-refractivity contribution in [3.8, 4) is 5.69 Å².